The van der Waals surface area contributed by atoms with Crippen LogP contribution >= 0.6 is 0 Å². The topological polar surface area (TPSA) is 34.9 Å². The highest BCUT2D eigenvalue weighted by atomic mass is 19.1. The summed E-state index contributed by atoms with van der Waals surface area (Å²) >= 11 is 0. The third-order valence-corrected chi connectivity index (χ3v) is 2.75. The van der Waals surface area contributed by atoms with Gasteiger partial charge >= 0.3 is 0 Å². The highest BCUT2D eigenvalue weighted by Crippen LogP contribution is 2.13. The first-order valence-electron chi connectivity index (χ1n) is 5.89. The Bertz CT molecular complexity index is 560. The molecule has 0 aliphatic carbocycles. The summed E-state index contributed by atoms with van der Waals surface area (Å²) in [6.07, 6.45) is 1.65. The molecule has 0 unspecified atom stereocenters. The largest absolute Gasteiger partial charge is 0.292 e. The maximum Gasteiger partial charge on any atom is 0.185 e. The second kappa shape index (κ2) is 5.12. The van der Waals surface area contributed by atoms with E-state index in [1.165, 1.54) is 6.07 Å². The molecule has 0 N–H and O–H groups in total. The number of nitrogens with zero attached hydrogens (tertiary/aromatic N) is 2. The van der Waals surface area contributed by atoms with E-state index in [4.69, 9.17) is 0 Å². The Morgan fingerprint density at radius 1 is 1.33 bits per heavy atom. The highest BCUT2D eigenvalue weighted by Gasteiger charge is 2.15. The molecule has 1 aromatic carbocycles. The lowest BCUT2D eigenvalue weighted by Gasteiger charge is -2.10. The predicted molar refractivity (Wildman–Crippen MR) is 67.0 cm³/mol. The Balaban J connectivity index is 2.23. The molecule has 3 nitrogen and oxygen atoms in total. The Morgan fingerprint density at radius 2 is 2.06 bits per heavy atom. The number of carbonyl (C=O) groups excluding carboxylic acids is 1. The molecule has 0 radical (unpaired) electrons. The average molecular weight is 246 g/mol. The third kappa shape index (κ3) is 2.47. The molecule has 0 aliphatic heterocycles. The fraction of sp³-hybridized carbons (Fsp3) is 0.286. The standard InChI is InChI=1S/C14H15FN2O/c1-10(2)17-13(7-8-16-17)14(18)9-11-5-3-4-6-12(11)15/h3-8,10H,9H2,1-2H3. The van der Waals surface area contributed by atoms with Crippen molar-refractivity contribution in [2.75, 3.05) is 0 Å². The van der Waals surface area contributed by atoms with Gasteiger partial charge in [-0.3, -0.25) is 9.48 Å². The molecule has 94 valence electrons. The quantitative estimate of drug-likeness (QED) is 0.777. The first-order valence-corrected chi connectivity index (χ1v) is 5.89. The summed E-state index contributed by atoms with van der Waals surface area (Å²) in [6.45, 7) is 3.90. The van der Waals surface area contributed by atoms with Gasteiger partial charge in [-0.2, -0.15) is 5.10 Å². The van der Waals surface area contributed by atoms with Crippen LogP contribution in [0.1, 0.15) is 35.9 Å². The fourth-order valence-corrected chi connectivity index (χ4v) is 1.85. The molecule has 0 atom stereocenters. The fourth-order valence-electron chi connectivity index (χ4n) is 1.85. The van der Waals surface area contributed by atoms with Crippen molar-refractivity contribution in [1.82, 2.24) is 9.78 Å². The summed E-state index contributed by atoms with van der Waals surface area (Å²) in [5.74, 6) is -0.465. The first-order chi connectivity index (χ1) is 8.59. The van der Waals surface area contributed by atoms with Crippen molar-refractivity contribution in [1.29, 1.82) is 0 Å². The minimum absolute atomic E-state index is 0.0606. The van der Waals surface area contributed by atoms with Gasteiger partial charge in [-0.25, -0.2) is 4.39 Å². The van der Waals surface area contributed by atoms with Crippen molar-refractivity contribution < 1.29 is 9.18 Å². The van der Waals surface area contributed by atoms with Gasteiger partial charge in [0, 0.05) is 18.7 Å². The van der Waals surface area contributed by atoms with Gasteiger partial charge in [0.05, 0.1) is 0 Å². The van der Waals surface area contributed by atoms with Crippen LogP contribution in [0.2, 0.25) is 0 Å². The lowest BCUT2D eigenvalue weighted by atomic mass is 10.1. The average Bonchev–Trinajstić information content (AvgIpc) is 2.81. The molecule has 0 saturated heterocycles. The zero-order valence-electron chi connectivity index (χ0n) is 10.4. The molecule has 2 aromatic rings. The lowest BCUT2D eigenvalue weighted by molar-refractivity contribution is 0.0979. The minimum atomic E-state index is -0.346. The van der Waals surface area contributed by atoms with E-state index < -0.39 is 0 Å². The Labute approximate surface area is 105 Å². The van der Waals surface area contributed by atoms with Crippen LogP contribution in [0, 0.1) is 5.82 Å². The summed E-state index contributed by atoms with van der Waals surface area (Å²) in [5, 5.41) is 4.10. The van der Waals surface area contributed by atoms with E-state index in [1.54, 1.807) is 35.1 Å². The van der Waals surface area contributed by atoms with Gasteiger partial charge in [-0.05, 0) is 31.5 Å². The number of Topliss-reactive ketones (excluding diaryl/α,β-unsaturated/α-hetero) is 1. The summed E-state index contributed by atoms with van der Waals surface area (Å²) in [6, 6.07) is 8.11. The molecule has 0 bridgehead atoms. The zero-order valence-corrected chi connectivity index (χ0v) is 10.4. The lowest BCUT2D eigenvalue weighted by Crippen LogP contribution is -2.14. The normalized spacial score (nSPS) is 10.9. The number of benzene rings is 1. The highest BCUT2D eigenvalue weighted by molar-refractivity contribution is 5.96. The monoisotopic (exact) mass is 246 g/mol. The molecule has 2 rings (SSSR count). The van der Waals surface area contributed by atoms with Crippen molar-refractivity contribution in [3.63, 3.8) is 0 Å². The first kappa shape index (κ1) is 12.5. The molecule has 18 heavy (non-hydrogen) atoms. The van der Waals surface area contributed by atoms with Crippen LogP contribution in [0.3, 0.4) is 0 Å². The van der Waals surface area contributed by atoms with Gasteiger partial charge < -0.3 is 0 Å². The third-order valence-electron chi connectivity index (χ3n) is 2.75. The number of aromatic nitrogens is 2. The summed E-state index contributed by atoms with van der Waals surface area (Å²) in [4.78, 5) is 12.1. The maximum absolute atomic E-state index is 13.5. The Kier molecular flexibility index (Phi) is 3.55. The van der Waals surface area contributed by atoms with Crippen LogP contribution in [-0.4, -0.2) is 15.6 Å². The minimum Gasteiger partial charge on any atom is -0.292 e. The molecule has 1 aromatic heterocycles. The second-order valence-corrected chi connectivity index (χ2v) is 4.45. The van der Waals surface area contributed by atoms with E-state index >= 15 is 0 Å². The molecule has 0 amide bonds. The Morgan fingerprint density at radius 3 is 2.72 bits per heavy atom. The van der Waals surface area contributed by atoms with E-state index in [1.807, 2.05) is 13.8 Å². The van der Waals surface area contributed by atoms with E-state index in [2.05, 4.69) is 5.10 Å². The number of carbonyl (C=O) groups is 1. The van der Waals surface area contributed by atoms with Gasteiger partial charge in [0.25, 0.3) is 0 Å². The number of halogens is 1. The summed E-state index contributed by atoms with van der Waals surface area (Å²) in [7, 11) is 0. The predicted octanol–water partition coefficient (Wildman–Crippen LogP) is 3.03. The van der Waals surface area contributed by atoms with E-state index in [-0.39, 0.29) is 24.1 Å². The van der Waals surface area contributed by atoms with Crippen molar-refractivity contribution in [2.24, 2.45) is 0 Å². The van der Waals surface area contributed by atoms with E-state index in [0.717, 1.165) is 0 Å². The van der Waals surface area contributed by atoms with Gasteiger partial charge in [0.15, 0.2) is 5.78 Å². The van der Waals surface area contributed by atoms with Gasteiger partial charge in [0.2, 0.25) is 0 Å². The number of hydrogen-bond donors (Lipinski definition) is 0. The molecule has 0 saturated carbocycles. The molecule has 0 aliphatic rings. The van der Waals surface area contributed by atoms with Crippen molar-refractivity contribution in [3.8, 4) is 0 Å². The number of hydrogen-bond acceptors (Lipinski definition) is 2. The smallest absolute Gasteiger partial charge is 0.185 e. The van der Waals surface area contributed by atoms with Gasteiger partial charge in [0.1, 0.15) is 11.5 Å². The van der Waals surface area contributed by atoms with E-state index in [9.17, 15) is 9.18 Å². The van der Waals surface area contributed by atoms with Crippen LogP contribution in [0.25, 0.3) is 0 Å². The van der Waals surface area contributed by atoms with Crippen LogP contribution in [-0.2, 0) is 6.42 Å². The Hall–Kier alpha value is -1.97. The molecule has 4 heteroatoms. The molecular weight excluding hydrogens is 231 g/mol. The molecule has 0 spiro atoms. The SMILES string of the molecule is CC(C)n1nccc1C(=O)Cc1ccccc1F. The van der Waals surface area contributed by atoms with Crippen molar-refractivity contribution >= 4 is 5.78 Å². The summed E-state index contributed by atoms with van der Waals surface area (Å²) < 4.78 is 15.1. The molecular formula is C14H15FN2O. The maximum atomic E-state index is 13.5. The van der Waals surface area contributed by atoms with Gasteiger partial charge in [-0.15, -0.1) is 0 Å². The summed E-state index contributed by atoms with van der Waals surface area (Å²) in [5.41, 5.74) is 0.937. The van der Waals surface area contributed by atoms with E-state index in [0.29, 0.717) is 11.3 Å². The van der Waals surface area contributed by atoms with Crippen LogP contribution in [0.15, 0.2) is 36.5 Å². The zero-order chi connectivity index (χ0) is 13.1. The van der Waals surface area contributed by atoms with Crippen LogP contribution in [0.4, 0.5) is 4.39 Å². The van der Waals surface area contributed by atoms with Gasteiger partial charge in [-0.1, -0.05) is 18.2 Å². The van der Waals surface area contributed by atoms with Crippen molar-refractivity contribution in [3.05, 3.63) is 53.6 Å². The van der Waals surface area contributed by atoms with Crippen molar-refractivity contribution in [2.45, 2.75) is 26.3 Å². The molecule has 1 heterocycles. The second-order valence-electron chi connectivity index (χ2n) is 4.45. The number of rotatable bonds is 4. The molecule has 0 fully saturated rings. The van der Waals surface area contributed by atoms with Crippen LogP contribution in [0.5, 0.6) is 0 Å². The van der Waals surface area contributed by atoms with Crippen LogP contribution < -0.4 is 0 Å². The number of ketones is 1.